The Morgan fingerprint density at radius 1 is 1.40 bits per heavy atom. The Morgan fingerprint density at radius 3 is 2.75 bits per heavy atom. The first-order valence-electron chi connectivity index (χ1n) is 6.86. The minimum Gasteiger partial charge on any atom is -0.445 e. The SMILES string of the molecule is CN(C)C[C@@H]1C[C@H](O)CN1C(=O)OCc1ccccc1. The van der Waals surface area contributed by atoms with Gasteiger partial charge in [0.05, 0.1) is 18.7 Å². The molecule has 0 saturated carbocycles. The minimum absolute atomic E-state index is 0.0169. The number of β-amino-alcohol motifs (C(OH)–C–C–N with tert-alkyl or cyclic N) is 1. The van der Waals surface area contributed by atoms with E-state index in [1.807, 2.05) is 49.3 Å². The number of carbonyl (C=O) groups is 1. The van der Waals surface area contributed by atoms with Crippen LogP contribution in [0.1, 0.15) is 12.0 Å². The lowest BCUT2D eigenvalue weighted by molar-refractivity contribution is 0.0841. The molecule has 5 nitrogen and oxygen atoms in total. The maximum atomic E-state index is 12.1. The Kier molecular flexibility index (Phi) is 4.98. The Balaban J connectivity index is 1.90. The number of benzene rings is 1. The van der Waals surface area contributed by atoms with Gasteiger partial charge >= 0.3 is 6.09 Å². The van der Waals surface area contributed by atoms with Crippen LogP contribution in [0.4, 0.5) is 4.79 Å². The van der Waals surface area contributed by atoms with Crippen molar-refractivity contribution < 1.29 is 14.6 Å². The molecule has 1 heterocycles. The van der Waals surface area contributed by atoms with Crippen LogP contribution in [0, 0.1) is 0 Å². The van der Waals surface area contributed by atoms with E-state index in [4.69, 9.17) is 4.74 Å². The maximum absolute atomic E-state index is 12.1. The number of ether oxygens (including phenoxy) is 1. The molecule has 1 aromatic carbocycles. The van der Waals surface area contributed by atoms with Gasteiger partial charge in [-0.05, 0) is 26.1 Å². The van der Waals surface area contributed by atoms with Gasteiger partial charge in [-0.3, -0.25) is 0 Å². The van der Waals surface area contributed by atoms with E-state index in [2.05, 4.69) is 0 Å². The van der Waals surface area contributed by atoms with Crippen molar-refractivity contribution in [3.8, 4) is 0 Å². The number of aliphatic hydroxyl groups is 1. The summed E-state index contributed by atoms with van der Waals surface area (Å²) in [5.74, 6) is 0. The molecule has 1 aromatic rings. The topological polar surface area (TPSA) is 53.0 Å². The van der Waals surface area contributed by atoms with Gasteiger partial charge < -0.3 is 19.6 Å². The highest BCUT2D eigenvalue weighted by atomic mass is 16.6. The fourth-order valence-corrected chi connectivity index (χ4v) is 2.51. The predicted octanol–water partition coefficient (Wildman–Crippen LogP) is 1.32. The Morgan fingerprint density at radius 2 is 2.10 bits per heavy atom. The van der Waals surface area contributed by atoms with Gasteiger partial charge in [0.1, 0.15) is 6.61 Å². The summed E-state index contributed by atoms with van der Waals surface area (Å²) in [6.45, 7) is 1.35. The Labute approximate surface area is 119 Å². The minimum atomic E-state index is -0.454. The van der Waals surface area contributed by atoms with E-state index in [-0.39, 0.29) is 18.7 Å². The van der Waals surface area contributed by atoms with E-state index >= 15 is 0 Å². The third-order valence-electron chi connectivity index (χ3n) is 3.41. The quantitative estimate of drug-likeness (QED) is 0.902. The molecule has 5 heteroatoms. The van der Waals surface area contributed by atoms with Gasteiger partial charge in [0.25, 0.3) is 0 Å². The van der Waals surface area contributed by atoms with Crippen molar-refractivity contribution in [1.29, 1.82) is 0 Å². The fourth-order valence-electron chi connectivity index (χ4n) is 2.51. The molecule has 1 N–H and O–H groups in total. The Bertz CT molecular complexity index is 436. The zero-order chi connectivity index (χ0) is 14.5. The number of aliphatic hydroxyl groups excluding tert-OH is 1. The van der Waals surface area contributed by atoms with E-state index in [0.717, 1.165) is 12.1 Å². The first-order chi connectivity index (χ1) is 9.56. The van der Waals surface area contributed by atoms with Crippen LogP contribution >= 0.6 is 0 Å². The number of amides is 1. The second-order valence-corrected chi connectivity index (χ2v) is 5.50. The summed E-state index contributed by atoms with van der Waals surface area (Å²) in [7, 11) is 3.91. The van der Waals surface area contributed by atoms with Gasteiger partial charge in [0, 0.05) is 6.54 Å². The first kappa shape index (κ1) is 14.8. The highest BCUT2D eigenvalue weighted by molar-refractivity contribution is 5.68. The highest BCUT2D eigenvalue weighted by Crippen LogP contribution is 2.20. The zero-order valence-electron chi connectivity index (χ0n) is 12.0. The molecule has 1 fully saturated rings. The van der Waals surface area contributed by atoms with E-state index in [9.17, 15) is 9.90 Å². The van der Waals surface area contributed by atoms with Gasteiger partial charge in [-0.15, -0.1) is 0 Å². The monoisotopic (exact) mass is 278 g/mol. The number of carbonyl (C=O) groups excluding carboxylic acids is 1. The summed E-state index contributed by atoms with van der Waals surface area (Å²) in [5.41, 5.74) is 0.963. The summed E-state index contributed by atoms with van der Waals surface area (Å²) in [4.78, 5) is 15.8. The molecule has 0 aliphatic carbocycles. The molecule has 2 rings (SSSR count). The van der Waals surface area contributed by atoms with Gasteiger partial charge in [0.2, 0.25) is 0 Å². The summed E-state index contributed by atoms with van der Waals surface area (Å²) < 4.78 is 5.33. The summed E-state index contributed by atoms with van der Waals surface area (Å²) in [6, 6.07) is 9.61. The number of hydrogen-bond acceptors (Lipinski definition) is 4. The smallest absolute Gasteiger partial charge is 0.410 e. The molecule has 0 bridgehead atoms. The molecule has 1 aliphatic heterocycles. The summed E-state index contributed by atoms with van der Waals surface area (Å²) in [6.07, 6.45) is -0.194. The second kappa shape index (κ2) is 6.72. The van der Waals surface area contributed by atoms with Crippen molar-refractivity contribution in [1.82, 2.24) is 9.80 Å². The molecule has 20 heavy (non-hydrogen) atoms. The lowest BCUT2D eigenvalue weighted by Gasteiger charge is -2.26. The van der Waals surface area contributed by atoms with Crippen molar-refractivity contribution in [2.75, 3.05) is 27.2 Å². The lowest BCUT2D eigenvalue weighted by Crippen LogP contribution is -2.41. The molecule has 110 valence electrons. The van der Waals surface area contributed by atoms with E-state index < -0.39 is 6.10 Å². The molecular formula is C15H22N2O3. The normalized spacial score (nSPS) is 22.3. The standard InChI is InChI=1S/C15H22N2O3/c1-16(2)9-13-8-14(18)10-17(13)15(19)20-11-12-6-4-3-5-7-12/h3-7,13-14,18H,8-11H2,1-2H3/t13-,14-/m0/s1. The number of rotatable bonds is 4. The van der Waals surface area contributed by atoms with Gasteiger partial charge in [-0.25, -0.2) is 4.79 Å². The van der Waals surface area contributed by atoms with Crippen LogP contribution in [-0.2, 0) is 11.3 Å². The van der Waals surface area contributed by atoms with Gasteiger partial charge in [-0.1, -0.05) is 30.3 Å². The highest BCUT2D eigenvalue weighted by Gasteiger charge is 2.35. The molecule has 1 aliphatic rings. The van der Waals surface area contributed by atoms with Gasteiger partial charge in [0.15, 0.2) is 0 Å². The number of likely N-dealkylation sites (tertiary alicyclic amines) is 1. The summed E-state index contributed by atoms with van der Waals surface area (Å²) in [5, 5.41) is 9.75. The van der Waals surface area contributed by atoms with Crippen LogP contribution < -0.4 is 0 Å². The number of hydrogen-bond donors (Lipinski definition) is 1. The van der Waals surface area contributed by atoms with Crippen molar-refractivity contribution in [3.63, 3.8) is 0 Å². The molecule has 0 radical (unpaired) electrons. The average molecular weight is 278 g/mol. The van der Waals surface area contributed by atoms with E-state index in [1.165, 1.54) is 0 Å². The van der Waals surface area contributed by atoms with E-state index in [0.29, 0.717) is 13.0 Å². The molecule has 0 spiro atoms. The predicted molar refractivity (Wildman–Crippen MR) is 76.3 cm³/mol. The molecule has 2 atom stereocenters. The largest absolute Gasteiger partial charge is 0.445 e. The van der Waals surface area contributed by atoms with Crippen LogP contribution in [0.25, 0.3) is 0 Å². The fraction of sp³-hybridized carbons (Fsp3) is 0.533. The molecule has 1 saturated heterocycles. The van der Waals surface area contributed by atoms with Crippen LogP contribution in [0.2, 0.25) is 0 Å². The first-order valence-corrected chi connectivity index (χ1v) is 6.86. The van der Waals surface area contributed by atoms with Crippen LogP contribution in [-0.4, -0.2) is 60.3 Å². The molecular weight excluding hydrogens is 256 g/mol. The third kappa shape index (κ3) is 3.95. The number of nitrogens with zero attached hydrogens (tertiary/aromatic N) is 2. The molecule has 1 amide bonds. The van der Waals surface area contributed by atoms with Crippen molar-refractivity contribution in [3.05, 3.63) is 35.9 Å². The van der Waals surface area contributed by atoms with Crippen molar-refractivity contribution >= 4 is 6.09 Å². The van der Waals surface area contributed by atoms with Crippen molar-refractivity contribution in [2.45, 2.75) is 25.2 Å². The zero-order valence-corrected chi connectivity index (χ0v) is 12.0. The lowest BCUT2D eigenvalue weighted by atomic mass is 10.2. The van der Waals surface area contributed by atoms with Crippen LogP contribution in [0.5, 0.6) is 0 Å². The molecule has 0 unspecified atom stereocenters. The van der Waals surface area contributed by atoms with Crippen LogP contribution in [0.3, 0.4) is 0 Å². The average Bonchev–Trinajstić information content (AvgIpc) is 2.77. The van der Waals surface area contributed by atoms with Gasteiger partial charge in [-0.2, -0.15) is 0 Å². The second-order valence-electron chi connectivity index (χ2n) is 5.50. The number of likely N-dealkylation sites (N-methyl/N-ethyl adjacent to an activating group) is 1. The maximum Gasteiger partial charge on any atom is 0.410 e. The third-order valence-corrected chi connectivity index (χ3v) is 3.41. The summed E-state index contributed by atoms with van der Waals surface area (Å²) >= 11 is 0. The van der Waals surface area contributed by atoms with E-state index in [1.54, 1.807) is 4.90 Å². The Hall–Kier alpha value is -1.59. The molecule has 0 aromatic heterocycles. The van der Waals surface area contributed by atoms with Crippen molar-refractivity contribution in [2.24, 2.45) is 0 Å². The van der Waals surface area contributed by atoms with Crippen LogP contribution in [0.15, 0.2) is 30.3 Å².